The van der Waals surface area contributed by atoms with Crippen LogP contribution in [0.2, 0.25) is 0 Å². The molecule has 106 valence electrons. The van der Waals surface area contributed by atoms with Crippen LogP contribution >= 0.6 is 0 Å². The van der Waals surface area contributed by atoms with Crippen molar-refractivity contribution in [3.63, 3.8) is 0 Å². The second-order valence-electron chi connectivity index (χ2n) is 4.81. The van der Waals surface area contributed by atoms with Crippen LogP contribution in [0.3, 0.4) is 0 Å². The van der Waals surface area contributed by atoms with Crippen LogP contribution in [0, 0.1) is 6.92 Å². The Morgan fingerprint density at radius 1 is 0.905 bits per heavy atom. The number of aromatic nitrogens is 2. The van der Waals surface area contributed by atoms with Gasteiger partial charge in [-0.1, -0.05) is 0 Å². The Labute approximate surface area is 130 Å². The van der Waals surface area contributed by atoms with Crippen LogP contribution in [0.5, 0.6) is 0 Å². The third-order valence-electron chi connectivity index (χ3n) is 3.46. The summed E-state index contributed by atoms with van der Waals surface area (Å²) in [4.78, 5) is 12.8. The Morgan fingerprint density at radius 3 is 2.10 bits per heavy atom. The summed E-state index contributed by atoms with van der Waals surface area (Å²) in [5.74, 6) is 0. The average Bonchev–Trinajstić information content (AvgIpc) is 2.73. The van der Waals surface area contributed by atoms with Crippen LogP contribution in [0.1, 0.15) is 5.69 Å². The van der Waals surface area contributed by atoms with Gasteiger partial charge in [-0.3, -0.25) is 0 Å². The Morgan fingerprint density at radius 2 is 1.48 bits per heavy atom. The van der Waals surface area contributed by atoms with Crippen molar-refractivity contribution in [1.82, 2.24) is 9.36 Å². The predicted octanol–water partition coefficient (Wildman–Crippen LogP) is 1.14. The third-order valence-corrected chi connectivity index (χ3v) is 5.94. The molecule has 1 aromatic heterocycles. The van der Waals surface area contributed by atoms with E-state index in [9.17, 15) is 4.79 Å². The zero-order chi connectivity index (χ0) is 14.8. The van der Waals surface area contributed by atoms with Crippen LogP contribution in [0.25, 0.3) is 5.69 Å². The SMILES string of the molecule is Cc1c([Se]c2ccccc2)c(=O)n(-c2ccccc2)n1C. The summed E-state index contributed by atoms with van der Waals surface area (Å²) in [6.45, 7) is 2.01. The van der Waals surface area contributed by atoms with E-state index in [0.29, 0.717) is 0 Å². The normalized spacial score (nSPS) is 10.8. The number of nitrogens with zero attached hydrogens (tertiary/aromatic N) is 2. The van der Waals surface area contributed by atoms with E-state index in [1.54, 1.807) is 4.68 Å². The average molecular weight is 343 g/mol. The first-order chi connectivity index (χ1) is 10.2. The Kier molecular flexibility index (Phi) is 3.82. The molecule has 0 saturated carbocycles. The van der Waals surface area contributed by atoms with E-state index in [1.165, 1.54) is 4.46 Å². The zero-order valence-corrected chi connectivity index (χ0v) is 13.7. The van der Waals surface area contributed by atoms with E-state index in [4.69, 9.17) is 0 Å². The molecule has 3 rings (SSSR count). The number of para-hydroxylation sites is 1. The van der Waals surface area contributed by atoms with E-state index in [2.05, 4.69) is 12.1 Å². The molecule has 21 heavy (non-hydrogen) atoms. The van der Waals surface area contributed by atoms with Gasteiger partial charge in [-0.05, 0) is 0 Å². The van der Waals surface area contributed by atoms with E-state index in [1.807, 2.05) is 67.2 Å². The van der Waals surface area contributed by atoms with Gasteiger partial charge in [-0.15, -0.1) is 0 Å². The molecule has 0 bridgehead atoms. The zero-order valence-electron chi connectivity index (χ0n) is 12.0. The third kappa shape index (κ3) is 2.60. The van der Waals surface area contributed by atoms with Crippen molar-refractivity contribution in [2.75, 3.05) is 0 Å². The standard InChI is InChI=1S/C17H16N2OSe/c1-13-16(21-15-11-7-4-8-12-15)17(20)19(18(13)2)14-9-5-3-6-10-14/h3-12H,1-2H3. The van der Waals surface area contributed by atoms with Crippen molar-refractivity contribution in [3.8, 4) is 5.69 Å². The monoisotopic (exact) mass is 344 g/mol. The molecule has 0 aliphatic heterocycles. The molecule has 4 heteroatoms. The maximum absolute atomic E-state index is 12.8. The van der Waals surface area contributed by atoms with Crippen LogP contribution in [-0.4, -0.2) is 24.3 Å². The minimum atomic E-state index is 0.0280. The molecule has 0 aliphatic carbocycles. The number of hydrogen-bond donors (Lipinski definition) is 0. The van der Waals surface area contributed by atoms with Gasteiger partial charge in [-0.2, -0.15) is 0 Å². The molecule has 0 fully saturated rings. The summed E-state index contributed by atoms with van der Waals surface area (Å²) in [7, 11) is 1.94. The predicted molar refractivity (Wildman–Crippen MR) is 87.2 cm³/mol. The van der Waals surface area contributed by atoms with Crippen LogP contribution in [-0.2, 0) is 7.05 Å². The topological polar surface area (TPSA) is 26.9 Å². The fourth-order valence-corrected chi connectivity index (χ4v) is 4.33. The molecule has 2 aromatic carbocycles. The molecule has 0 amide bonds. The second-order valence-corrected chi connectivity index (χ2v) is 7.08. The molecule has 3 nitrogen and oxygen atoms in total. The summed E-state index contributed by atoms with van der Waals surface area (Å²) in [6, 6.07) is 20.0. The quantitative estimate of drug-likeness (QED) is 0.655. The summed E-state index contributed by atoms with van der Waals surface area (Å²) in [5.41, 5.74) is 2.03. The fraction of sp³-hybridized carbons (Fsp3) is 0.118. The van der Waals surface area contributed by atoms with E-state index in [0.717, 1.165) is 15.8 Å². The van der Waals surface area contributed by atoms with Crippen molar-refractivity contribution in [2.45, 2.75) is 6.92 Å². The van der Waals surface area contributed by atoms with Gasteiger partial charge in [0.1, 0.15) is 0 Å². The van der Waals surface area contributed by atoms with Gasteiger partial charge in [0.25, 0.3) is 0 Å². The molecule has 3 aromatic rings. The van der Waals surface area contributed by atoms with Crippen LogP contribution in [0.15, 0.2) is 65.5 Å². The van der Waals surface area contributed by atoms with Crippen molar-refractivity contribution in [1.29, 1.82) is 0 Å². The first-order valence-corrected chi connectivity index (χ1v) is 8.46. The van der Waals surface area contributed by atoms with Gasteiger partial charge in [0.05, 0.1) is 0 Å². The van der Waals surface area contributed by atoms with Crippen molar-refractivity contribution in [2.24, 2.45) is 7.05 Å². The molecule has 0 spiro atoms. The molecular weight excluding hydrogens is 327 g/mol. The maximum atomic E-state index is 12.8. The van der Waals surface area contributed by atoms with Crippen LogP contribution < -0.4 is 14.5 Å². The van der Waals surface area contributed by atoms with E-state index >= 15 is 0 Å². The van der Waals surface area contributed by atoms with Crippen molar-refractivity contribution >= 4 is 23.9 Å². The van der Waals surface area contributed by atoms with Crippen molar-refractivity contribution < 1.29 is 0 Å². The molecule has 0 aliphatic rings. The fourth-order valence-electron chi connectivity index (χ4n) is 2.27. The number of hydrogen-bond acceptors (Lipinski definition) is 1. The molecule has 0 N–H and O–H groups in total. The van der Waals surface area contributed by atoms with Crippen molar-refractivity contribution in [3.05, 3.63) is 76.7 Å². The first kappa shape index (κ1) is 13.9. The Hall–Kier alpha value is -2.03. The molecule has 0 atom stereocenters. The van der Waals surface area contributed by atoms with Gasteiger partial charge in [0, 0.05) is 0 Å². The van der Waals surface area contributed by atoms with Gasteiger partial charge in [0.2, 0.25) is 0 Å². The first-order valence-electron chi connectivity index (χ1n) is 6.75. The summed E-state index contributed by atoms with van der Waals surface area (Å²) in [5, 5.41) is 0. The Bertz CT molecular complexity index is 804. The molecule has 0 saturated heterocycles. The molecule has 0 unspecified atom stereocenters. The van der Waals surface area contributed by atoms with Gasteiger partial charge < -0.3 is 0 Å². The Balaban J connectivity index is 2.10. The summed E-state index contributed by atoms with van der Waals surface area (Å²) >= 11 is 0.0280. The second kappa shape index (κ2) is 5.76. The van der Waals surface area contributed by atoms with E-state index < -0.39 is 0 Å². The number of rotatable bonds is 3. The van der Waals surface area contributed by atoms with Gasteiger partial charge in [0.15, 0.2) is 0 Å². The molecule has 0 radical (unpaired) electrons. The van der Waals surface area contributed by atoms with Gasteiger partial charge >= 0.3 is 130 Å². The molecular formula is C17H16N2OSe. The summed E-state index contributed by atoms with van der Waals surface area (Å²) in [6.07, 6.45) is 0. The van der Waals surface area contributed by atoms with E-state index in [-0.39, 0.29) is 20.5 Å². The molecule has 1 heterocycles. The summed E-state index contributed by atoms with van der Waals surface area (Å²) < 4.78 is 5.82. The minimum absolute atomic E-state index is 0.0280. The van der Waals surface area contributed by atoms with Crippen LogP contribution in [0.4, 0.5) is 0 Å². The number of benzene rings is 2. The van der Waals surface area contributed by atoms with Gasteiger partial charge in [-0.25, -0.2) is 0 Å².